The maximum Gasteiger partial charge on any atom is 0.127 e. The van der Waals surface area contributed by atoms with Gasteiger partial charge in [-0.05, 0) is 49.8 Å². The van der Waals surface area contributed by atoms with Crippen molar-refractivity contribution in [3.63, 3.8) is 0 Å². The SMILES string of the molecule is Cc1cc2c(c(N)n1)CCCC2. The van der Waals surface area contributed by atoms with Crippen molar-refractivity contribution in [2.45, 2.75) is 32.6 Å². The average Bonchev–Trinajstić information content (AvgIpc) is 2.04. The van der Waals surface area contributed by atoms with Crippen LogP contribution in [0.4, 0.5) is 5.82 Å². The topological polar surface area (TPSA) is 38.9 Å². The quantitative estimate of drug-likeness (QED) is 0.632. The Morgan fingerprint density at radius 1 is 1.33 bits per heavy atom. The number of nitrogens with two attached hydrogens (primary N) is 1. The minimum Gasteiger partial charge on any atom is -0.383 e. The van der Waals surface area contributed by atoms with Crippen LogP contribution in [-0.4, -0.2) is 4.98 Å². The number of hydrogen-bond acceptors (Lipinski definition) is 2. The molecule has 64 valence electrons. The summed E-state index contributed by atoms with van der Waals surface area (Å²) in [5, 5.41) is 0. The van der Waals surface area contributed by atoms with Crippen LogP contribution < -0.4 is 5.73 Å². The van der Waals surface area contributed by atoms with Gasteiger partial charge in [-0.2, -0.15) is 0 Å². The van der Waals surface area contributed by atoms with Crippen LogP contribution >= 0.6 is 0 Å². The summed E-state index contributed by atoms with van der Waals surface area (Å²) >= 11 is 0. The molecular formula is C10H14N2. The zero-order valence-corrected chi connectivity index (χ0v) is 7.43. The maximum absolute atomic E-state index is 5.83. The van der Waals surface area contributed by atoms with Crippen LogP contribution in [0.2, 0.25) is 0 Å². The molecule has 0 saturated carbocycles. The summed E-state index contributed by atoms with van der Waals surface area (Å²) in [7, 11) is 0. The van der Waals surface area contributed by atoms with E-state index in [1.165, 1.54) is 30.4 Å². The van der Waals surface area contributed by atoms with Crippen LogP contribution in [0.1, 0.15) is 29.7 Å². The Hall–Kier alpha value is -1.05. The van der Waals surface area contributed by atoms with Gasteiger partial charge in [0.15, 0.2) is 0 Å². The summed E-state index contributed by atoms with van der Waals surface area (Å²) in [6.07, 6.45) is 4.87. The van der Waals surface area contributed by atoms with Gasteiger partial charge in [-0.3, -0.25) is 0 Å². The molecule has 0 amide bonds. The molecule has 1 heterocycles. The Labute approximate surface area is 72.8 Å². The van der Waals surface area contributed by atoms with E-state index >= 15 is 0 Å². The van der Waals surface area contributed by atoms with Gasteiger partial charge in [-0.25, -0.2) is 4.98 Å². The van der Waals surface area contributed by atoms with E-state index in [0.717, 1.165) is 17.9 Å². The number of anilines is 1. The first kappa shape index (κ1) is 7.59. The summed E-state index contributed by atoms with van der Waals surface area (Å²) in [4.78, 5) is 4.26. The Morgan fingerprint density at radius 3 is 2.92 bits per heavy atom. The van der Waals surface area contributed by atoms with Gasteiger partial charge in [0.05, 0.1) is 0 Å². The predicted molar refractivity (Wildman–Crippen MR) is 50.0 cm³/mol. The second-order valence-corrected chi connectivity index (χ2v) is 3.49. The Bertz CT molecular complexity index is 305. The van der Waals surface area contributed by atoms with E-state index in [1.807, 2.05) is 6.92 Å². The van der Waals surface area contributed by atoms with Crippen molar-refractivity contribution in [1.29, 1.82) is 0 Å². The fourth-order valence-corrected chi connectivity index (χ4v) is 1.92. The van der Waals surface area contributed by atoms with Gasteiger partial charge < -0.3 is 5.73 Å². The predicted octanol–water partition coefficient (Wildman–Crippen LogP) is 1.85. The molecule has 0 aliphatic heterocycles. The maximum atomic E-state index is 5.83. The smallest absolute Gasteiger partial charge is 0.127 e. The molecule has 0 saturated heterocycles. The van der Waals surface area contributed by atoms with Crippen LogP contribution in [-0.2, 0) is 12.8 Å². The van der Waals surface area contributed by atoms with E-state index < -0.39 is 0 Å². The van der Waals surface area contributed by atoms with Gasteiger partial charge in [0.1, 0.15) is 5.82 Å². The van der Waals surface area contributed by atoms with Gasteiger partial charge in [0.25, 0.3) is 0 Å². The van der Waals surface area contributed by atoms with E-state index in [1.54, 1.807) is 0 Å². The van der Waals surface area contributed by atoms with E-state index in [-0.39, 0.29) is 0 Å². The van der Waals surface area contributed by atoms with Crippen LogP contribution in [0.5, 0.6) is 0 Å². The van der Waals surface area contributed by atoms with E-state index in [9.17, 15) is 0 Å². The van der Waals surface area contributed by atoms with Gasteiger partial charge in [0.2, 0.25) is 0 Å². The number of hydrogen-bond donors (Lipinski definition) is 1. The lowest BCUT2D eigenvalue weighted by molar-refractivity contribution is 0.683. The first-order chi connectivity index (χ1) is 5.77. The first-order valence-electron chi connectivity index (χ1n) is 4.52. The number of aromatic nitrogens is 1. The third kappa shape index (κ3) is 1.17. The molecule has 2 nitrogen and oxygen atoms in total. The van der Waals surface area contributed by atoms with E-state index in [0.29, 0.717) is 0 Å². The molecular weight excluding hydrogens is 148 g/mol. The Morgan fingerprint density at radius 2 is 2.08 bits per heavy atom. The Balaban J connectivity index is 2.53. The number of nitrogen functional groups attached to an aromatic ring is 1. The summed E-state index contributed by atoms with van der Waals surface area (Å²) in [5.41, 5.74) is 9.60. The van der Waals surface area contributed by atoms with Crippen molar-refractivity contribution in [3.8, 4) is 0 Å². The largest absolute Gasteiger partial charge is 0.383 e. The molecule has 1 aliphatic rings. The summed E-state index contributed by atoms with van der Waals surface area (Å²) < 4.78 is 0. The van der Waals surface area contributed by atoms with Crippen molar-refractivity contribution >= 4 is 5.82 Å². The van der Waals surface area contributed by atoms with E-state index in [4.69, 9.17) is 5.73 Å². The van der Waals surface area contributed by atoms with Crippen molar-refractivity contribution in [3.05, 3.63) is 22.9 Å². The minimum absolute atomic E-state index is 0.754. The molecule has 0 radical (unpaired) electrons. The second-order valence-electron chi connectivity index (χ2n) is 3.49. The molecule has 0 fully saturated rings. The lowest BCUT2D eigenvalue weighted by atomic mass is 9.92. The molecule has 2 N–H and O–H groups in total. The number of aryl methyl sites for hydroxylation is 2. The highest BCUT2D eigenvalue weighted by molar-refractivity contribution is 5.47. The third-order valence-corrected chi connectivity index (χ3v) is 2.50. The van der Waals surface area contributed by atoms with Gasteiger partial charge in [-0.15, -0.1) is 0 Å². The lowest BCUT2D eigenvalue weighted by Gasteiger charge is -2.17. The van der Waals surface area contributed by atoms with Gasteiger partial charge in [-0.1, -0.05) is 0 Å². The molecule has 2 rings (SSSR count). The highest BCUT2D eigenvalue weighted by Gasteiger charge is 2.12. The number of pyridine rings is 1. The Kier molecular flexibility index (Phi) is 1.75. The zero-order chi connectivity index (χ0) is 8.55. The van der Waals surface area contributed by atoms with E-state index in [2.05, 4.69) is 11.1 Å². The molecule has 0 atom stereocenters. The summed E-state index contributed by atoms with van der Waals surface area (Å²) in [5.74, 6) is 0.754. The van der Waals surface area contributed by atoms with Crippen LogP contribution in [0.3, 0.4) is 0 Å². The minimum atomic E-state index is 0.754. The zero-order valence-electron chi connectivity index (χ0n) is 7.43. The molecule has 0 unspecified atom stereocenters. The standard InChI is InChI=1S/C10H14N2/c1-7-6-8-4-2-3-5-9(8)10(11)12-7/h6H,2-5H2,1H3,(H2,11,12). The van der Waals surface area contributed by atoms with Crippen molar-refractivity contribution in [1.82, 2.24) is 4.98 Å². The normalized spacial score (nSPS) is 15.8. The van der Waals surface area contributed by atoms with Gasteiger partial charge >= 0.3 is 0 Å². The van der Waals surface area contributed by atoms with Crippen molar-refractivity contribution in [2.75, 3.05) is 5.73 Å². The number of rotatable bonds is 0. The average molecular weight is 162 g/mol. The monoisotopic (exact) mass is 162 g/mol. The molecule has 1 aliphatic carbocycles. The fraction of sp³-hybridized carbons (Fsp3) is 0.500. The van der Waals surface area contributed by atoms with Gasteiger partial charge in [0, 0.05) is 5.69 Å². The highest BCUT2D eigenvalue weighted by atomic mass is 14.8. The highest BCUT2D eigenvalue weighted by Crippen LogP contribution is 2.25. The molecule has 0 bridgehead atoms. The summed E-state index contributed by atoms with van der Waals surface area (Å²) in [6.45, 7) is 2.01. The lowest BCUT2D eigenvalue weighted by Crippen LogP contribution is -2.08. The van der Waals surface area contributed by atoms with Crippen LogP contribution in [0, 0.1) is 6.92 Å². The van der Waals surface area contributed by atoms with Crippen LogP contribution in [0.15, 0.2) is 6.07 Å². The summed E-state index contributed by atoms with van der Waals surface area (Å²) in [6, 6.07) is 2.17. The molecule has 0 spiro atoms. The van der Waals surface area contributed by atoms with Crippen LogP contribution in [0.25, 0.3) is 0 Å². The number of nitrogens with zero attached hydrogens (tertiary/aromatic N) is 1. The fourth-order valence-electron chi connectivity index (χ4n) is 1.92. The van der Waals surface area contributed by atoms with Crippen molar-refractivity contribution in [2.24, 2.45) is 0 Å². The third-order valence-electron chi connectivity index (χ3n) is 2.50. The molecule has 0 aromatic carbocycles. The number of fused-ring (bicyclic) bond motifs is 1. The molecule has 1 aromatic heterocycles. The molecule has 12 heavy (non-hydrogen) atoms. The first-order valence-corrected chi connectivity index (χ1v) is 4.52. The molecule has 2 heteroatoms. The second kappa shape index (κ2) is 2.77. The molecule has 1 aromatic rings. The van der Waals surface area contributed by atoms with Crippen molar-refractivity contribution < 1.29 is 0 Å².